The van der Waals surface area contributed by atoms with Crippen molar-refractivity contribution in [2.75, 3.05) is 21.3 Å². The molecule has 112 valence electrons. The molecule has 2 aromatic rings. The maximum atomic E-state index is 9.95. The van der Waals surface area contributed by atoms with Crippen LogP contribution in [0.3, 0.4) is 0 Å². The molecule has 0 heterocycles. The summed E-state index contributed by atoms with van der Waals surface area (Å²) in [6, 6.07) is 11.6. The number of hydrogen-bond donors (Lipinski definition) is 1. The largest absolute Gasteiger partial charge is 0.504 e. The summed E-state index contributed by atoms with van der Waals surface area (Å²) in [6.07, 6.45) is 1.68. The Balaban J connectivity index is 2.10. The van der Waals surface area contributed by atoms with Gasteiger partial charge in [0.05, 0.1) is 21.3 Å². The summed E-state index contributed by atoms with van der Waals surface area (Å²) in [4.78, 5) is 0. The minimum Gasteiger partial charge on any atom is -0.504 e. The topological polar surface area (TPSA) is 47.9 Å². The zero-order chi connectivity index (χ0) is 15.2. The molecule has 0 saturated heterocycles. The van der Waals surface area contributed by atoms with Crippen LogP contribution in [0.1, 0.15) is 11.1 Å². The van der Waals surface area contributed by atoms with Crippen molar-refractivity contribution in [2.24, 2.45) is 0 Å². The molecule has 0 aliphatic carbocycles. The van der Waals surface area contributed by atoms with Crippen molar-refractivity contribution >= 4 is 0 Å². The van der Waals surface area contributed by atoms with Crippen molar-refractivity contribution in [3.05, 3.63) is 47.5 Å². The van der Waals surface area contributed by atoms with Crippen LogP contribution in [0.15, 0.2) is 36.4 Å². The first-order valence-electron chi connectivity index (χ1n) is 6.74. The van der Waals surface area contributed by atoms with Crippen LogP contribution >= 0.6 is 0 Å². The standard InChI is InChI=1S/C17H20O4/c1-19-14-8-6-12(7-9-14)4-5-13-10-15(18)17(21-3)16(11-13)20-2/h6-11,18H,4-5H2,1-3H3. The van der Waals surface area contributed by atoms with Crippen LogP contribution in [0.4, 0.5) is 0 Å². The molecule has 0 amide bonds. The van der Waals surface area contributed by atoms with Crippen LogP contribution in [0.25, 0.3) is 0 Å². The SMILES string of the molecule is COc1ccc(CCc2cc(O)c(OC)c(OC)c2)cc1. The van der Waals surface area contributed by atoms with Crippen molar-refractivity contribution in [1.82, 2.24) is 0 Å². The summed E-state index contributed by atoms with van der Waals surface area (Å²) >= 11 is 0. The van der Waals surface area contributed by atoms with Crippen molar-refractivity contribution < 1.29 is 19.3 Å². The van der Waals surface area contributed by atoms with Gasteiger partial charge in [-0.1, -0.05) is 12.1 Å². The fourth-order valence-electron chi connectivity index (χ4n) is 2.22. The van der Waals surface area contributed by atoms with Crippen molar-refractivity contribution in [2.45, 2.75) is 12.8 Å². The van der Waals surface area contributed by atoms with E-state index in [1.807, 2.05) is 30.3 Å². The van der Waals surface area contributed by atoms with E-state index in [1.165, 1.54) is 12.7 Å². The predicted molar refractivity (Wildman–Crippen MR) is 81.6 cm³/mol. The molecule has 0 atom stereocenters. The minimum absolute atomic E-state index is 0.0987. The number of ether oxygens (including phenoxy) is 3. The van der Waals surface area contributed by atoms with Gasteiger partial charge in [-0.05, 0) is 48.2 Å². The Labute approximate surface area is 124 Å². The number of hydrogen-bond acceptors (Lipinski definition) is 4. The number of rotatable bonds is 6. The van der Waals surface area contributed by atoms with Crippen LogP contribution in [-0.4, -0.2) is 26.4 Å². The third kappa shape index (κ3) is 3.60. The molecule has 0 aliphatic rings. The highest BCUT2D eigenvalue weighted by atomic mass is 16.5. The lowest BCUT2D eigenvalue weighted by atomic mass is 10.0. The first-order valence-corrected chi connectivity index (χ1v) is 6.74. The molecule has 4 nitrogen and oxygen atoms in total. The summed E-state index contributed by atoms with van der Waals surface area (Å²) in [5, 5.41) is 9.95. The molecule has 0 aromatic heterocycles. The lowest BCUT2D eigenvalue weighted by molar-refractivity contribution is 0.332. The Morgan fingerprint density at radius 1 is 0.810 bits per heavy atom. The molecule has 0 fully saturated rings. The second kappa shape index (κ2) is 6.88. The average Bonchev–Trinajstić information content (AvgIpc) is 2.52. The van der Waals surface area contributed by atoms with Gasteiger partial charge in [0.25, 0.3) is 0 Å². The number of methoxy groups -OCH3 is 3. The third-order valence-electron chi connectivity index (χ3n) is 3.38. The Bertz CT molecular complexity index is 590. The number of aryl methyl sites for hydroxylation is 2. The molecule has 1 N–H and O–H groups in total. The Morgan fingerprint density at radius 3 is 2.05 bits per heavy atom. The number of phenols is 1. The van der Waals surface area contributed by atoms with E-state index in [0.717, 1.165) is 24.2 Å². The number of benzene rings is 2. The molecule has 4 heteroatoms. The Kier molecular flexibility index (Phi) is 4.93. The zero-order valence-electron chi connectivity index (χ0n) is 12.6. The highest BCUT2D eigenvalue weighted by molar-refractivity contribution is 5.53. The van der Waals surface area contributed by atoms with E-state index in [2.05, 4.69) is 0 Å². The van der Waals surface area contributed by atoms with E-state index < -0.39 is 0 Å². The van der Waals surface area contributed by atoms with Crippen LogP contribution in [0, 0.1) is 0 Å². The molecule has 0 radical (unpaired) electrons. The van der Waals surface area contributed by atoms with Crippen LogP contribution in [0.5, 0.6) is 23.0 Å². The molecule has 2 aromatic carbocycles. The minimum atomic E-state index is 0.0987. The zero-order valence-corrected chi connectivity index (χ0v) is 12.6. The van der Waals surface area contributed by atoms with Gasteiger partial charge in [-0.15, -0.1) is 0 Å². The molecule has 0 bridgehead atoms. The number of aromatic hydroxyl groups is 1. The highest BCUT2D eigenvalue weighted by Gasteiger charge is 2.11. The smallest absolute Gasteiger partial charge is 0.203 e. The van der Waals surface area contributed by atoms with Crippen molar-refractivity contribution in [3.8, 4) is 23.0 Å². The number of phenolic OH excluding ortho intramolecular Hbond substituents is 1. The van der Waals surface area contributed by atoms with E-state index in [9.17, 15) is 5.11 Å². The third-order valence-corrected chi connectivity index (χ3v) is 3.38. The molecular weight excluding hydrogens is 268 g/mol. The molecule has 0 spiro atoms. The van der Waals surface area contributed by atoms with Gasteiger partial charge in [-0.2, -0.15) is 0 Å². The Hall–Kier alpha value is -2.36. The first-order chi connectivity index (χ1) is 10.2. The summed E-state index contributed by atoms with van der Waals surface area (Å²) in [5.41, 5.74) is 2.21. The second-order valence-corrected chi connectivity index (χ2v) is 4.70. The summed E-state index contributed by atoms with van der Waals surface area (Å²) in [7, 11) is 4.72. The highest BCUT2D eigenvalue weighted by Crippen LogP contribution is 2.37. The molecule has 0 unspecified atom stereocenters. The fraction of sp³-hybridized carbons (Fsp3) is 0.294. The van der Waals surface area contributed by atoms with Crippen LogP contribution < -0.4 is 14.2 Å². The quantitative estimate of drug-likeness (QED) is 0.886. The normalized spacial score (nSPS) is 10.2. The van der Waals surface area contributed by atoms with E-state index in [-0.39, 0.29) is 5.75 Å². The molecule has 0 saturated carbocycles. The monoisotopic (exact) mass is 288 g/mol. The van der Waals surface area contributed by atoms with Gasteiger partial charge >= 0.3 is 0 Å². The van der Waals surface area contributed by atoms with Gasteiger partial charge in [-0.25, -0.2) is 0 Å². The van der Waals surface area contributed by atoms with Gasteiger partial charge in [-0.3, -0.25) is 0 Å². The maximum absolute atomic E-state index is 9.95. The lowest BCUT2D eigenvalue weighted by Crippen LogP contribution is -1.96. The van der Waals surface area contributed by atoms with Gasteiger partial charge < -0.3 is 19.3 Å². The lowest BCUT2D eigenvalue weighted by Gasteiger charge is -2.12. The maximum Gasteiger partial charge on any atom is 0.203 e. The average molecular weight is 288 g/mol. The van der Waals surface area contributed by atoms with E-state index >= 15 is 0 Å². The van der Waals surface area contributed by atoms with E-state index in [1.54, 1.807) is 20.3 Å². The summed E-state index contributed by atoms with van der Waals surface area (Å²) in [6.45, 7) is 0. The van der Waals surface area contributed by atoms with Crippen LogP contribution in [-0.2, 0) is 12.8 Å². The summed E-state index contributed by atoms with van der Waals surface area (Å²) < 4.78 is 15.5. The molecule has 21 heavy (non-hydrogen) atoms. The predicted octanol–water partition coefficient (Wildman–Crippen LogP) is 3.20. The molecular formula is C17H20O4. The fourth-order valence-corrected chi connectivity index (χ4v) is 2.22. The van der Waals surface area contributed by atoms with Gasteiger partial charge in [0.1, 0.15) is 5.75 Å². The van der Waals surface area contributed by atoms with Gasteiger partial charge in [0, 0.05) is 0 Å². The van der Waals surface area contributed by atoms with Crippen molar-refractivity contribution in [1.29, 1.82) is 0 Å². The van der Waals surface area contributed by atoms with Crippen LogP contribution in [0.2, 0.25) is 0 Å². The Morgan fingerprint density at radius 2 is 1.48 bits per heavy atom. The van der Waals surface area contributed by atoms with E-state index in [0.29, 0.717) is 11.5 Å². The molecule has 2 rings (SSSR count). The van der Waals surface area contributed by atoms with Gasteiger partial charge in [0.2, 0.25) is 5.75 Å². The van der Waals surface area contributed by atoms with E-state index in [4.69, 9.17) is 14.2 Å². The second-order valence-electron chi connectivity index (χ2n) is 4.70. The van der Waals surface area contributed by atoms with Crippen molar-refractivity contribution in [3.63, 3.8) is 0 Å². The first kappa shape index (κ1) is 15.0. The summed E-state index contributed by atoms with van der Waals surface area (Å²) in [5.74, 6) is 1.86. The van der Waals surface area contributed by atoms with Gasteiger partial charge in [0.15, 0.2) is 11.5 Å². The molecule has 0 aliphatic heterocycles.